The maximum absolute atomic E-state index is 10.8. The first-order chi connectivity index (χ1) is 9.37. The van der Waals surface area contributed by atoms with Crippen molar-refractivity contribution in [1.82, 2.24) is 4.98 Å². The Bertz CT molecular complexity index is 669. The molecular weight excluding hydrogens is 246 g/mol. The number of benzene rings is 1. The largest absolute Gasteiger partial charge is 0.384 e. The first kappa shape index (κ1) is 13.6. The van der Waals surface area contributed by atoms with Crippen molar-refractivity contribution in [3.8, 4) is 0 Å². The predicted octanol–water partition coefficient (Wildman–Crippen LogP) is 4.08. The van der Waals surface area contributed by atoms with Gasteiger partial charge in [-0.3, -0.25) is 4.98 Å². The lowest BCUT2D eigenvalue weighted by atomic mass is 9.86. The number of aryl methyl sites for hydroxylation is 1. The zero-order valence-corrected chi connectivity index (χ0v) is 12.8. The second-order valence-corrected chi connectivity index (χ2v) is 6.97. The summed E-state index contributed by atoms with van der Waals surface area (Å²) in [5.74, 6) is 0. The molecule has 1 N–H and O–H groups in total. The Morgan fingerprint density at radius 3 is 2.45 bits per heavy atom. The number of hydrogen-bond donors (Lipinski definition) is 1. The predicted molar refractivity (Wildman–Crippen MR) is 83.0 cm³/mol. The van der Waals surface area contributed by atoms with Crippen LogP contribution in [-0.2, 0) is 17.4 Å². The fourth-order valence-electron chi connectivity index (χ4n) is 3.32. The minimum atomic E-state index is -0.737. The summed E-state index contributed by atoms with van der Waals surface area (Å²) < 4.78 is 0. The second-order valence-electron chi connectivity index (χ2n) is 6.97. The number of hydrogen-bond acceptors (Lipinski definition) is 2. The third kappa shape index (κ3) is 1.86. The zero-order chi connectivity index (χ0) is 14.5. The number of pyridine rings is 1. The maximum atomic E-state index is 10.8. The van der Waals surface area contributed by atoms with Crippen molar-refractivity contribution in [2.45, 2.75) is 58.0 Å². The Kier molecular flexibility index (Phi) is 2.91. The fourth-order valence-corrected chi connectivity index (χ4v) is 3.32. The monoisotopic (exact) mass is 269 g/mol. The van der Waals surface area contributed by atoms with Gasteiger partial charge in [0.2, 0.25) is 0 Å². The van der Waals surface area contributed by atoms with Crippen molar-refractivity contribution in [3.63, 3.8) is 0 Å². The number of rotatable bonds is 1. The van der Waals surface area contributed by atoms with E-state index >= 15 is 0 Å². The van der Waals surface area contributed by atoms with Gasteiger partial charge in [0, 0.05) is 10.8 Å². The Hall–Kier alpha value is -1.41. The lowest BCUT2D eigenvalue weighted by molar-refractivity contribution is 0.0304. The molecule has 0 amide bonds. The summed E-state index contributed by atoms with van der Waals surface area (Å²) >= 11 is 0. The highest BCUT2D eigenvalue weighted by atomic mass is 16.3. The zero-order valence-electron chi connectivity index (χ0n) is 12.8. The molecule has 1 aromatic carbocycles. The Morgan fingerprint density at radius 1 is 1.20 bits per heavy atom. The van der Waals surface area contributed by atoms with Crippen molar-refractivity contribution in [1.29, 1.82) is 0 Å². The molecule has 0 aliphatic heterocycles. The van der Waals surface area contributed by atoms with Gasteiger partial charge in [0.25, 0.3) is 0 Å². The molecule has 106 valence electrons. The summed E-state index contributed by atoms with van der Waals surface area (Å²) in [4.78, 5) is 4.93. The van der Waals surface area contributed by atoms with E-state index in [1.165, 1.54) is 16.3 Å². The summed E-state index contributed by atoms with van der Waals surface area (Å²) in [6.07, 6.45) is 2.45. The quantitative estimate of drug-likeness (QED) is 0.846. The van der Waals surface area contributed by atoms with Crippen LogP contribution in [0.15, 0.2) is 24.3 Å². The summed E-state index contributed by atoms with van der Waals surface area (Å²) in [6, 6.07) is 8.49. The van der Waals surface area contributed by atoms with Crippen LogP contribution in [-0.4, -0.2) is 10.1 Å². The molecule has 0 saturated carbocycles. The SMILES string of the molecule is CCC1(O)CCc2c1nc(C(C)(C)C)c1ccccc21. The van der Waals surface area contributed by atoms with E-state index in [1.807, 2.05) is 6.92 Å². The first-order valence-corrected chi connectivity index (χ1v) is 7.52. The van der Waals surface area contributed by atoms with Gasteiger partial charge in [-0.25, -0.2) is 0 Å². The van der Waals surface area contributed by atoms with Gasteiger partial charge in [-0.2, -0.15) is 0 Å². The van der Waals surface area contributed by atoms with Crippen molar-refractivity contribution in [3.05, 3.63) is 41.2 Å². The molecular formula is C18H23NO. The van der Waals surface area contributed by atoms with Gasteiger partial charge < -0.3 is 5.11 Å². The van der Waals surface area contributed by atoms with Gasteiger partial charge >= 0.3 is 0 Å². The molecule has 20 heavy (non-hydrogen) atoms. The number of aliphatic hydroxyl groups is 1. The summed E-state index contributed by atoms with van der Waals surface area (Å²) in [7, 11) is 0. The molecule has 1 aromatic heterocycles. The van der Waals surface area contributed by atoms with E-state index in [-0.39, 0.29) is 5.41 Å². The molecule has 3 rings (SSSR count). The first-order valence-electron chi connectivity index (χ1n) is 7.52. The van der Waals surface area contributed by atoms with Crippen LogP contribution in [0.2, 0.25) is 0 Å². The summed E-state index contributed by atoms with van der Waals surface area (Å²) in [5.41, 5.74) is 2.51. The second kappa shape index (κ2) is 4.29. The normalized spacial score (nSPS) is 22.2. The molecule has 2 aromatic rings. The molecule has 0 fully saturated rings. The van der Waals surface area contributed by atoms with Crippen molar-refractivity contribution >= 4 is 10.8 Å². The maximum Gasteiger partial charge on any atom is 0.107 e. The van der Waals surface area contributed by atoms with E-state index in [0.717, 1.165) is 30.7 Å². The lowest BCUT2D eigenvalue weighted by Gasteiger charge is -2.26. The van der Waals surface area contributed by atoms with E-state index in [0.29, 0.717) is 0 Å². The van der Waals surface area contributed by atoms with E-state index in [1.54, 1.807) is 0 Å². The highest BCUT2D eigenvalue weighted by Gasteiger charge is 2.39. The lowest BCUT2D eigenvalue weighted by Crippen LogP contribution is -2.24. The van der Waals surface area contributed by atoms with Gasteiger partial charge in [0.1, 0.15) is 5.60 Å². The third-order valence-electron chi connectivity index (χ3n) is 4.54. The van der Waals surface area contributed by atoms with E-state index < -0.39 is 5.60 Å². The summed E-state index contributed by atoms with van der Waals surface area (Å²) in [6.45, 7) is 8.61. The molecule has 0 spiro atoms. The van der Waals surface area contributed by atoms with Gasteiger partial charge in [-0.1, -0.05) is 52.0 Å². The van der Waals surface area contributed by atoms with Crippen molar-refractivity contribution in [2.24, 2.45) is 0 Å². The van der Waals surface area contributed by atoms with Crippen molar-refractivity contribution < 1.29 is 5.11 Å². The van der Waals surface area contributed by atoms with Gasteiger partial charge in [0.15, 0.2) is 0 Å². The van der Waals surface area contributed by atoms with E-state index in [4.69, 9.17) is 4.98 Å². The highest BCUT2D eigenvalue weighted by molar-refractivity contribution is 5.89. The van der Waals surface area contributed by atoms with Crippen LogP contribution in [0.4, 0.5) is 0 Å². The smallest absolute Gasteiger partial charge is 0.107 e. The fraction of sp³-hybridized carbons (Fsp3) is 0.500. The molecule has 0 bridgehead atoms. The molecule has 2 heteroatoms. The molecule has 0 saturated heterocycles. The van der Waals surface area contributed by atoms with Crippen LogP contribution in [0.5, 0.6) is 0 Å². The highest BCUT2D eigenvalue weighted by Crippen LogP contribution is 2.43. The molecule has 1 unspecified atom stereocenters. The van der Waals surface area contributed by atoms with Gasteiger partial charge in [0.05, 0.1) is 11.4 Å². The Morgan fingerprint density at radius 2 is 1.85 bits per heavy atom. The van der Waals surface area contributed by atoms with Crippen LogP contribution in [0.25, 0.3) is 10.8 Å². The molecule has 1 atom stereocenters. The van der Waals surface area contributed by atoms with Crippen LogP contribution in [0.3, 0.4) is 0 Å². The molecule has 1 aliphatic rings. The molecule has 0 radical (unpaired) electrons. The number of nitrogens with zero attached hydrogens (tertiary/aromatic N) is 1. The Balaban J connectivity index is 2.40. The number of fused-ring (bicyclic) bond motifs is 3. The minimum absolute atomic E-state index is 0.0219. The average molecular weight is 269 g/mol. The summed E-state index contributed by atoms with van der Waals surface area (Å²) in [5, 5.41) is 13.3. The third-order valence-corrected chi connectivity index (χ3v) is 4.54. The Labute approximate surface area is 120 Å². The topological polar surface area (TPSA) is 33.1 Å². The van der Waals surface area contributed by atoms with Gasteiger partial charge in [-0.15, -0.1) is 0 Å². The molecule has 1 heterocycles. The standard InChI is InChI=1S/C18H23NO/c1-5-18(20)11-10-14-12-8-6-7-9-13(12)15(17(2,3)4)19-16(14)18/h6-9,20H,5,10-11H2,1-4H3. The van der Waals surface area contributed by atoms with Crippen molar-refractivity contribution in [2.75, 3.05) is 0 Å². The molecule has 2 nitrogen and oxygen atoms in total. The number of aromatic nitrogens is 1. The average Bonchev–Trinajstić information content (AvgIpc) is 2.75. The minimum Gasteiger partial charge on any atom is -0.384 e. The molecule has 1 aliphatic carbocycles. The van der Waals surface area contributed by atoms with Crippen LogP contribution in [0.1, 0.15) is 57.5 Å². The van der Waals surface area contributed by atoms with Crippen LogP contribution < -0.4 is 0 Å². The van der Waals surface area contributed by atoms with Crippen LogP contribution >= 0.6 is 0 Å². The van der Waals surface area contributed by atoms with Gasteiger partial charge in [-0.05, 0) is 30.2 Å². The van der Waals surface area contributed by atoms with E-state index in [2.05, 4.69) is 45.0 Å². The van der Waals surface area contributed by atoms with E-state index in [9.17, 15) is 5.11 Å². The van der Waals surface area contributed by atoms with Crippen LogP contribution in [0, 0.1) is 0 Å².